The van der Waals surface area contributed by atoms with Crippen LogP contribution in [-0.4, -0.2) is 10.8 Å². The second kappa shape index (κ2) is 4.53. The van der Waals surface area contributed by atoms with Gasteiger partial charge in [-0.15, -0.1) is 11.3 Å². The van der Waals surface area contributed by atoms with Gasteiger partial charge in [0.05, 0.1) is 5.56 Å². The summed E-state index contributed by atoms with van der Waals surface area (Å²) in [7, 11) is 0. The van der Waals surface area contributed by atoms with E-state index in [4.69, 9.17) is 0 Å². The molecule has 94 valence electrons. The molecule has 18 heavy (non-hydrogen) atoms. The molecule has 2 rings (SSSR count). The molecule has 2 nitrogen and oxygen atoms in total. The van der Waals surface area contributed by atoms with Crippen LogP contribution in [0.2, 0.25) is 0 Å². The third-order valence-electron chi connectivity index (χ3n) is 2.43. The SMILES string of the molecule is Cc1sccc1C(=O)c1ccc(C(F)(F)F)cn1. The molecular weight excluding hydrogens is 263 g/mol. The molecule has 0 saturated carbocycles. The van der Waals surface area contributed by atoms with Crippen molar-refractivity contribution in [2.24, 2.45) is 0 Å². The third kappa shape index (κ3) is 2.43. The zero-order valence-corrected chi connectivity index (χ0v) is 10.1. The van der Waals surface area contributed by atoms with Gasteiger partial charge in [-0.25, -0.2) is 0 Å². The quantitative estimate of drug-likeness (QED) is 0.779. The molecule has 0 bridgehead atoms. The molecule has 0 amide bonds. The van der Waals surface area contributed by atoms with E-state index in [2.05, 4.69) is 4.98 Å². The van der Waals surface area contributed by atoms with Crippen molar-refractivity contribution in [1.29, 1.82) is 0 Å². The van der Waals surface area contributed by atoms with Crippen molar-refractivity contribution in [2.45, 2.75) is 13.1 Å². The highest BCUT2D eigenvalue weighted by Crippen LogP contribution is 2.28. The van der Waals surface area contributed by atoms with Crippen molar-refractivity contribution >= 4 is 17.1 Å². The van der Waals surface area contributed by atoms with E-state index in [0.29, 0.717) is 11.8 Å². The number of ketones is 1. The molecule has 0 radical (unpaired) electrons. The van der Waals surface area contributed by atoms with Crippen molar-refractivity contribution in [3.05, 3.63) is 51.5 Å². The fraction of sp³-hybridized carbons (Fsp3) is 0.167. The van der Waals surface area contributed by atoms with Crippen molar-refractivity contribution in [3.8, 4) is 0 Å². The average Bonchev–Trinajstić information content (AvgIpc) is 2.73. The van der Waals surface area contributed by atoms with E-state index in [1.54, 1.807) is 18.4 Å². The summed E-state index contributed by atoms with van der Waals surface area (Å²) in [5.74, 6) is -0.359. The highest BCUT2D eigenvalue weighted by Gasteiger charge is 2.31. The highest BCUT2D eigenvalue weighted by atomic mass is 32.1. The van der Waals surface area contributed by atoms with E-state index < -0.39 is 11.7 Å². The lowest BCUT2D eigenvalue weighted by atomic mass is 10.1. The van der Waals surface area contributed by atoms with Crippen molar-refractivity contribution in [3.63, 3.8) is 0 Å². The van der Waals surface area contributed by atoms with Crippen LogP contribution in [0.4, 0.5) is 13.2 Å². The molecule has 0 spiro atoms. The molecular formula is C12H8F3NOS. The minimum absolute atomic E-state index is 0.0181. The van der Waals surface area contributed by atoms with Gasteiger partial charge in [-0.1, -0.05) is 0 Å². The van der Waals surface area contributed by atoms with Crippen LogP contribution in [0, 0.1) is 6.92 Å². The second-order valence-electron chi connectivity index (χ2n) is 3.65. The molecule has 0 unspecified atom stereocenters. The van der Waals surface area contributed by atoms with Crippen molar-refractivity contribution in [1.82, 2.24) is 4.98 Å². The van der Waals surface area contributed by atoms with Crippen LogP contribution in [0.1, 0.15) is 26.5 Å². The van der Waals surface area contributed by atoms with E-state index in [-0.39, 0.29) is 11.5 Å². The maximum absolute atomic E-state index is 12.3. The second-order valence-corrected chi connectivity index (χ2v) is 4.77. The number of hydrogen-bond donors (Lipinski definition) is 0. The first-order chi connectivity index (χ1) is 8.39. The van der Waals surface area contributed by atoms with Gasteiger partial charge >= 0.3 is 6.18 Å². The summed E-state index contributed by atoms with van der Waals surface area (Å²) in [6.45, 7) is 1.78. The van der Waals surface area contributed by atoms with Gasteiger partial charge in [0.1, 0.15) is 5.69 Å². The molecule has 0 aliphatic carbocycles. The molecule has 0 aliphatic heterocycles. The Morgan fingerprint density at radius 3 is 2.44 bits per heavy atom. The summed E-state index contributed by atoms with van der Waals surface area (Å²) in [6, 6.07) is 3.60. The van der Waals surface area contributed by atoms with E-state index in [0.717, 1.165) is 17.0 Å². The molecule has 0 N–H and O–H groups in total. The maximum Gasteiger partial charge on any atom is 0.417 e. The van der Waals surface area contributed by atoms with Crippen LogP contribution in [0.3, 0.4) is 0 Å². The van der Waals surface area contributed by atoms with Gasteiger partial charge in [0.2, 0.25) is 5.78 Å². The van der Waals surface area contributed by atoms with Gasteiger partial charge in [0, 0.05) is 16.6 Å². The number of thiophene rings is 1. The smallest absolute Gasteiger partial charge is 0.287 e. The van der Waals surface area contributed by atoms with Crippen LogP contribution in [0.15, 0.2) is 29.8 Å². The highest BCUT2D eigenvalue weighted by molar-refractivity contribution is 7.10. The Kier molecular flexibility index (Phi) is 3.21. The summed E-state index contributed by atoms with van der Waals surface area (Å²) in [5, 5.41) is 1.76. The number of aryl methyl sites for hydroxylation is 1. The number of rotatable bonds is 2. The summed E-state index contributed by atoms with van der Waals surface area (Å²) in [6.07, 6.45) is -3.76. The first-order valence-corrected chi connectivity index (χ1v) is 5.89. The van der Waals surface area contributed by atoms with E-state index in [9.17, 15) is 18.0 Å². The summed E-state index contributed by atoms with van der Waals surface area (Å²) >= 11 is 1.41. The van der Waals surface area contributed by atoms with E-state index >= 15 is 0 Å². The lowest BCUT2D eigenvalue weighted by Crippen LogP contribution is -2.09. The lowest BCUT2D eigenvalue weighted by molar-refractivity contribution is -0.137. The average molecular weight is 271 g/mol. The Labute approximate surface area is 105 Å². The van der Waals surface area contributed by atoms with Gasteiger partial charge in [0.15, 0.2) is 0 Å². The standard InChI is InChI=1S/C12H8F3NOS/c1-7-9(4-5-18-7)11(17)10-3-2-8(6-16-10)12(13,14)15/h2-6H,1H3. The Hall–Kier alpha value is -1.69. The fourth-order valence-corrected chi connectivity index (χ4v) is 2.15. The topological polar surface area (TPSA) is 30.0 Å². The summed E-state index contributed by atoms with van der Waals surface area (Å²) < 4.78 is 37.0. The van der Waals surface area contributed by atoms with Crippen LogP contribution in [0.5, 0.6) is 0 Å². The van der Waals surface area contributed by atoms with Gasteiger partial charge in [0.25, 0.3) is 0 Å². The first kappa shape index (κ1) is 12.8. The normalized spacial score (nSPS) is 11.6. The number of alkyl halides is 3. The Bertz CT molecular complexity index is 572. The molecule has 0 aromatic carbocycles. The largest absolute Gasteiger partial charge is 0.417 e. The third-order valence-corrected chi connectivity index (χ3v) is 3.27. The molecule has 0 fully saturated rings. The number of carbonyl (C=O) groups excluding carboxylic acids is 1. The number of pyridine rings is 1. The van der Waals surface area contributed by atoms with Crippen molar-refractivity contribution < 1.29 is 18.0 Å². The van der Waals surface area contributed by atoms with Gasteiger partial charge in [-0.2, -0.15) is 13.2 Å². The molecule has 2 aromatic rings. The van der Waals surface area contributed by atoms with Crippen LogP contribution < -0.4 is 0 Å². The monoisotopic (exact) mass is 271 g/mol. The molecule has 6 heteroatoms. The minimum atomic E-state index is -4.44. The van der Waals surface area contributed by atoms with Gasteiger partial charge in [-0.3, -0.25) is 9.78 Å². The number of nitrogens with zero attached hydrogens (tertiary/aromatic N) is 1. The number of hydrogen-bond acceptors (Lipinski definition) is 3. The van der Waals surface area contributed by atoms with Crippen LogP contribution in [0.25, 0.3) is 0 Å². The van der Waals surface area contributed by atoms with Crippen LogP contribution in [-0.2, 0) is 6.18 Å². The Balaban J connectivity index is 2.31. The van der Waals surface area contributed by atoms with E-state index in [1.807, 2.05) is 0 Å². The predicted octanol–water partition coefficient (Wildman–Crippen LogP) is 3.70. The number of halogens is 3. The number of carbonyl (C=O) groups is 1. The predicted molar refractivity (Wildman–Crippen MR) is 61.7 cm³/mol. The molecule has 2 heterocycles. The summed E-state index contributed by atoms with van der Waals surface area (Å²) in [5.41, 5.74) is -0.363. The Morgan fingerprint density at radius 1 is 1.28 bits per heavy atom. The molecule has 2 aromatic heterocycles. The van der Waals surface area contributed by atoms with E-state index in [1.165, 1.54) is 11.3 Å². The van der Waals surface area contributed by atoms with Gasteiger partial charge < -0.3 is 0 Å². The summed E-state index contributed by atoms with van der Waals surface area (Å²) in [4.78, 5) is 16.4. The van der Waals surface area contributed by atoms with Crippen LogP contribution >= 0.6 is 11.3 Å². The Morgan fingerprint density at radius 2 is 2.00 bits per heavy atom. The first-order valence-electron chi connectivity index (χ1n) is 5.01. The lowest BCUT2D eigenvalue weighted by Gasteiger charge is -2.06. The maximum atomic E-state index is 12.3. The van der Waals surface area contributed by atoms with Crippen molar-refractivity contribution in [2.75, 3.05) is 0 Å². The molecule has 0 saturated heterocycles. The molecule has 0 atom stereocenters. The minimum Gasteiger partial charge on any atom is -0.287 e. The molecule has 0 aliphatic rings. The zero-order valence-electron chi connectivity index (χ0n) is 9.28. The fourth-order valence-electron chi connectivity index (χ4n) is 1.45. The zero-order chi connectivity index (χ0) is 13.3. The van der Waals surface area contributed by atoms with Gasteiger partial charge in [-0.05, 0) is 30.5 Å². The number of aromatic nitrogens is 1.